The van der Waals surface area contributed by atoms with E-state index in [0.717, 1.165) is 25.2 Å². The Bertz CT molecular complexity index is 744. The van der Waals surface area contributed by atoms with Crippen LogP contribution in [0.25, 0.3) is 5.57 Å². The van der Waals surface area contributed by atoms with Crippen molar-refractivity contribution >= 4 is 5.57 Å². The molecule has 156 valence electrons. The van der Waals surface area contributed by atoms with Crippen molar-refractivity contribution < 1.29 is 17.6 Å². The summed E-state index contributed by atoms with van der Waals surface area (Å²) in [6.45, 7) is 5.83. The van der Waals surface area contributed by atoms with Crippen LogP contribution < -0.4 is 5.32 Å². The molecule has 1 aliphatic carbocycles. The molecule has 0 spiro atoms. The molecule has 1 heterocycles. The van der Waals surface area contributed by atoms with Crippen molar-refractivity contribution in [2.45, 2.75) is 39.2 Å². The largest absolute Gasteiger partial charge is 0.416 e. The van der Waals surface area contributed by atoms with Gasteiger partial charge in [-0.2, -0.15) is 18.3 Å². The number of likely N-dealkylation sites (N-methyl/N-ethyl adjacent to an activating group) is 2. The van der Waals surface area contributed by atoms with Crippen LogP contribution in [0, 0.1) is 5.92 Å². The van der Waals surface area contributed by atoms with E-state index in [1.54, 1.807) is 12.3 Å². The highest BCUT2D eigenvalue weighted by Gasteiger charge is 2.37. The van der Waals surface area contributed by atoms with Crippen LogP contribution in [0.1, 0.15) is 31.5 Å². The van der Waals surface area contributed by atoms with Crippen LogP contribution in [0.3, 0.4) is 0 Å². The molecule has 2 rings (SSSR count). The van der Waals surface area contributed by atoms with Gasteiger partial charge in [0.1, 0.15) is 0 Å². The molecule has 0 radical (unpaired) electrons. The lowest BCUT2D eigenvalue weighted by Gasteiger charge is -2.23. The quantitative estimate of drug-likeness (QED) is 0.641. The van der Waals surface area contributed by atoms with Gasteiger partial charge in [-0.15, -0.1) is 0 Å². The summed E-state index contributed by atoms with van der Waals surface area (Å²) in [6.07, 6.45) is -0.774. The Morgan fingerprint density at radius 2 is 2.04 bits per heavy atom. The van der Waals surface area contributed by atoms with Gasteiger partial charge in [0, 0.05) is 30.8 Å². The van der Waals surface area contributed by atoms with E-state index in [1.165, 1.54) is 0 Å². The Kier molecular flexibility index (Phi) is 7.60. The second-order valence-corrected chi connectivity index (χ2v) is 7.50. The molecule has 4 nitrogen and oxygen atoms in total. The van der Waals surface area contributed by atoms with Gasteiger partial charge in [-0.3, -0.25) is 5.10 Å². The number of hydrogen-bond acceptors (Lipinski definition) is 3. The minimum absolute atomic E-state index is 0.0284. The third-order valence-corrected chi connectivity index (χ3v) is 4.54. The van der Waals surface area contributed by atoms with Crippen molar-refractivity contribution in [3.8, 4) is 0 Å². The van der Waals surface area contributed by atoms with Gasteiger partial charge in [0.15, 0.2) is 6.17 Å². The Balaban J connectivity index is 2.38. The number of rotatable bonds is 8. The summed E-state index contributed by atoms with van der Waals surface area (Å²) in [7, 11) is 3.74. The molecular weight excluding hydrogens is 372 g/mol. The van der Waals surface area contributed by atoms with Crippen LogP contribution in [0.15, 0.2) is 35.6 Å². The lowest BCUT2D eigenvalue weighted by Crippen LogP contribution is -2.27. The van der Waals surface area contributed by atoms with E-state index in [4.69, 9.17) is 0 Å². The van der Waals surface area contributed by atoms with Gasteiger partial charge in [0.05, 0.1) is 17.5 Å². The molecule has 0 saturated heterocycles. The maximum absolute atomic E-state index is 15.2. The maximum atomic E-state index is 15.2. The molecule has 1 unspecified atom stereocenters. The Hall–Kier alpha value is -1.93. The summed E-state index contributed by atoms with van der Waals surface area (Å²) in [5.41, 5.74) is 0.144. The van der Waals surface area contributed by atoms with Gasteiger partial charge >= 0.3 is 6.18 Å². The fourth-order valence-electron chi connectivity index (χ4n) is 2.96. The third kappa shape index (κ3) is 5.78. The number of aromatic amines is 1. The van der Waals surface area contributed by atoms with E-state index in [2.05, 4.69) is 15.5 Å². The number of nitrogens with zero attached hydrogens (tertiary/aromatic N) is 2. The van der Waals surface area contributed by atoms with Gasteiger partial charge in [-0.1, -0.05) is 19.9 Å². The predicted molar refractivity (Wildman–Crippen MR) is 103 cm³/mol. The highest BCUT2D eigenvalue weighted by atomic mass is 19.4. The smallest absolute Gasteiger partial charge is 0.318 e. The molecular formula is C20H28F4N4. The van der Waals surface area contributed by atoms with Crippen molar-refractivity contribution in [1.29, 1.82) is 0 Å². The predicted octanol–water partition coefficient (Wildman–Crippen LogP) is 4.26. The first kappa shape index (κ1) is 22.4. The molecule has 0 aromatic carbocycles. The molecule has 1 atom stereocenters. The zero-order valence-electron chi connectivity index (χ0n) is 16.7. The normalized spacial score (nSPS) is 19.5. The number of H-pyrrole nitrogens is 1. The van der Waals surface area contributed by atoms with Gasteiger partial charge in [-0.25, -0.2) is 4.39 Å². The van der Waals surface area contributed by atoms with Crippen LogP contribution in [0.5, 0.6) is 0 Å². The van der Waals surface area contributed by atoms with Crippen LogP contribution in [0.2, 0.25) is 0 Å². The number of hydrogen-bond donors (Lipinski definition) is 2. The van der Waals surface area contributed by atoms with Gasteiger partial charge in [0.25, 0.3) is 0 Å². The minimum Gasteiger partial charge on any atom is -0.318 e. The molecule has 8 heteroatoms. The van der Waals surface area contributed by atoms with Crippen LogP contribution in [0.4, 0.5) is 17.6 Å². The number of allylic oxidation sites excluding steroid dienone is 6. The average Bonchev–Trinajstić information content (AvgIpc) is 3.05. The molecule has 28 heavy (non-hydrogen) atoms. The summed E-state index contributed by atoms with van der Waals surface area (Å²) in [5, 5.41) is 9.70. The number of aromatic nitrogens is 2. The minimum atomic E-state index is -4.55. The maximum Gasteiger partial charge on any atom is 0.416 e. The van der Waals surface area contributed by atoms with Gasteiger partial charge < -0.3 is 10.2 Å². The fraction of sp³-hybridized carbons (Fsp3) is 0.550. The molecule has 2 N–H and O–H groups in total. The first-order chi connectivity index (χ1) is 13.1. The SMILES string of the molecule is CNCCN(C)Cc1cn[nH]c1C1=CC(C(F)(F)F)=C/C(=C/CC(C)C)C1F. The van der Waals surface area contributed by atoms with E-state index < -0.39 is 17.9 Å². The van der Waals surface area contributed by atoms with Gasteiger partial charge in [0.2, 0.25) is 0 Å². The van der Waals surface area contributed by atoms with Crippen molar-refractivity contribution in [2.75, 3.05) is 27.2 Å². The van der Waals surface area contributed by atoms with E-state index >= 15 is 4.39 Å². The molecule has 1 aromatic rings. The van der Waals surface area contributed by atoms with Crippen molar-refractivity contribution in [2.24, 2.45) is 5.92 Å². The Morgan fingerprint density at radius 3 is 2.64 bits per heavy atom. The third-order valence-electron chi connectivity index (χ3n) is 4.54. The Morgan fingerprint density at radius 1 is 1.32 bits per heavy atom. The van der Waals surface area contributed by atoms with E-state index in [-0.39, 0.29) is 17.1 Å². The molecule has 0 aliphatic heterocycles. The second-order valence-electron chi connectivity index (χ2n) is 7.50. The summed E-state index contributed by atoms with van der Waals surface area (Å²) in [4.78, 5) is 2.00. The van der Waals surface area contributed by atoms with E-state index in [1.807, 2.05) is 32.8 Å². The highest BCUT2D eigenvalue weighted by molar-refractivity contribution is 5.77. The first-order valence-electron chi connectivity index (χ1n) is 9.33. The van der Waals surface area contributed by atoms with Crippen LogP contribution >= 0.6 is 0 Å². The van der Waals surface area contributed by atoms with Gasteiger partial charge in [-0.05, 0) is 44.2 Å². The molecule has 0 fully saturated rings. The number of alkyl halides is 4. The average molecular weight is 400 g/mol. The second kappa shape index (κ2) is 9.52. The lowest BCUT2D eigenvalue weighted by atomic mass is 9.88. The fourth-order valence-corrected chi connectivity index (χ4v) is 2.96. The van der Waals surface area contributed by atoms with Crippen molar-refractivity contribution in [3.05, 3.63) is 46.8 Å². The molecule has 1 aliphatic rings. The molecule has 0 saturated carbocycles. The first-order valence-corrected chi connectivity index (χ1v) is 9.33. The monoisotopic (exact) mass is 400 g/mol. The zero-order chi connectivity index (χ0) is 20.9. The summed E-state index contributed by atoms with van der Waals surface area (Å²) in [5.74, 6) is 0.223. The standard InChI is InChI=1S/C20H28F4N4/c1-13(2)5-6-14-9-16(20(22,23)24)10-17(18(14)21)19-15(11-26-27-19)12-28(4)8-7-25-3/h6,9-11,13,18,25H,5,7-8,12H2,1-4H3,(H,26,27)/b14-6-. The molecule has 0 bridgehead atoms. The topological polar surface area (TPSA) is 44.0 Å². The van der Waals surface area contributed by atoms with Crippen LogP contribution in [-0.2, 0) is 6.54 Å². The van der Waals surface area contributed by atoms with E-state index in [0.29, 0.717) is 24.2 Å². The Labute approximate surface area is 163 Å². The summed E-state index contributed by atoms with van der Waals surface area (Å²) >= 11 is 0. The molecule has 1 aromatic heterocycles. The van der Waals surface area contributed by atoms with E-state index in [9.17, 15) is 13.2 Å². The van der Waals surface area contributed by atoms with Crippen LogP contribution in [-0.4, -0.2) is 54.6 Å². The molecule has 0 amide bonds. The van der Waals surface area contributed by atoms with Crippen molar-refractivity contribution in [3.63, 3.8) is 0 Å². The highest BCUT2D eigenvalue weighted by Crippen LogP contribution is 2.39. The lowest BCUT2D eigenvalue weighted by molar-refractivity contribution is -0.0883. The summed E-state index contributed by atoms with van der Waals surface area (Å²) < 4.78 is 55.4. The summed E-state index contributed by atoms with van der Waals surface area (Å²) in [6, 6.07) is 0. The number of halogens is 4. The van der Waals surface area contributed by atoms with Crippen molar-refractivity contribution in [1.82, 2.24) is 20.4 Å². The zero-order valence-corrected chi connectivity index (χ0v) is 16.7. The number of nitrogens with one attached hydrogen (secondary N) is 2.